The minimum absolute atomic E-state index is 0.0187. The predicted molar refractivity (Wildman–Crippen MR) is 67.2 cm³/mol. The third-order valence-electron chi connectivity index (χ3n) is 2.65. The maximum Gasteiger partial charge on any atom is 0.216 e. The highest BCUT2D eigenvalue weighted by Crippen LogP contribution is 2.11. The van der Waals surface area contributed by atoms with Crippen LogP contribution in [-0.2, 0) is 10.0 Å². The molecule has 17 heavy (non-hydrogen) atoms. The van der Waals surface area contributed by atoms with E-state index in [-0.39, 0.29) is 13.2 Å². The average Bonchev–Trinajstić information content (AvgIpc) is 2.24. The lowest BCUT2D eigenvalue weighted by Crippen LogP contribution is -2.34. The van der Waals surface area contributed by atoms with Crippen LogP contribution in [0.25, 0.3) is 0 Å². The van der Waals surface area contributed by atoms with E-state index < -0.39 is 21.9 Å². The number of hydrogen-bond acceptors (Lipinski definition) is 3. The number of alkyl halides is 1. The van der Waals surface area contributed by atoms with E-state index in [1.165, 1.54) is 7.05 Å². The number of halogens is 1. The molecule has 104 valence electrons. The third-order valence-corrected chi connectivity index (χ3v) is 4.57. The van der Waals surface area contributed by atoms with Crippen LogP contribution in [0, 0.1) is 0 Å². The molecule has 0 aliphatic carbocycles. The van der Waals surface area contributed by atoms with Gasteiger partial charge in [-0.2, -0.15) is 0 Å². The first-order valence-corrected chi connectivity index (χ1v) is 7.74. The summed E-state index contributed by atoms with van der Waals surface area (Å²) < 4.78 is 37.7. The summed E-state index contributed by atoms with van der Waals surface area (Å²) in [5, 5.41) is 8.63. The van der Waals surface area contributed by atoms with Crippen LogP contribution in [0.5, 0.6) is 0 Å². The molecular weight excluding hydrogens is 245 g/mol. The molecule has 0 rings (SSSR count). The van der Waals surface area contributed by atoms with Crippen molar-refractivity contribution in [2.24, 2.45) is 0 Å². The highest BCUT2D eigenvalue weighted by Gasteiger charge is 2.22. The van der Waals surface area contributed by atoms with Crippen molar-refractivity contribution in [2.45, 2.75) is 45.2 Å². The molecular formula is C11H24FNO3S. The van der Waals surface area contributed by atoms with E-state index in [1.54, 1.807) is 0 Å². The molecule has 0 fully saturated rings. The lowest BCUT2D eigenvalue weighted by atomic mass is 10.1. The van der Waals surface area contributed by atoms with E-state index in [4.69, 9.17) is 5.11 Å². The van der Waals surface area contributed by atoms with Crippen LogP contribution in [-0.4, -0.2) is 50.0 Å². The van der Waals surface area contributed by atoms with E-state index in [1.807, 2.05) is 0 Å². The first kappa shape index (κ1) is 16.8. The molecule has 1 atom stereocenters. The molecule has 0 amide bonds. The van der Waals surface area contributed by atoms with Crippen LogP contribution >= 0.6 is 0 Å². The van der Waals surface area contributed by atoms with Gasteiger partial charge in [0, 0.05) is 13.6 Å². The van der Waals surface area contributed by atoms with Crippen molar-refractivity contribution < 1.29 is 17.9 Å². The molecule has 0 radical (unpaired) electrons. The summed E-state index contributed by atoms with van der Waals surface area (Å²) in [6, 6.07) is 0. The van der Waals surface area contributed by atoms with Gasteiger partial charge < -0.3 is 5.11 Å². The zero-order valence-electron chi connectivity index (χ0n) is 10.7. The van der Waals surface area contributed by atoms with E-state index in [0.717, 1.165) is 30.0 Å². The standard InChI is InChI=1S/C11H24FNO3S/c1-3-4-5-6-7-11(12)10-17(15,16)13(2)8-9-14/h11,14H,3-10H2,1-2H3. The zero-order valence-corrected chi connectivity index (χ0v) is 11.5. The van der Waals surface area contributed by atoms with Crippen molar-refractivity contribution in [3.8, 4) is 0 Å². The maximum atomic E-state index is 13.5. The molecule has 1 unspecified atom stereocenters. The summed E-state index contributed by atoms with van der Waals surface area (Å²) in [7, 11) is -2.21. The van der Waals surface area contributed by atoms with Gasteiger partial charge in [0.25, 0.3) is 0 Å². The monoisotopic (exact) mass is 269 g/mol. The van der Waals surface area contributed by atoms with Gasteiger partial charge >= 0.3 is 0 Å². The summed E-state index contributed by atoms with van der Waals surface area (Å²) in [5.41, 5.74) is 0. The first-order chi connectivity index (χ1) is 7.94. The zero-order chi connectivity index (χ0) is 13.3. The molecule has 0 aromatic heterocycles. The Balaban J connectivity index is 3.96. The molecule has 0 spiro atoms. The van der Waals surface area contributed by atoms with Crippen LogP contribution in [0.15, 0.2) is 0 Å². The minimum atomic E-state index is -3.57. The second kappa shape index (κ2) is 8.83. The fraction of sp³-hybridized carbons (Fsp3) is 1.00. The van der Waals surface area contributed by atoms with Crippen LogP contribution in [0.2, 0.25) is 0 Å². The van der Waals surface area contributed by atoms with Crippen molar-refractivity contribution in [1.29, 1.82) is 0 Å². The Morgan fingerprint density at radius 1 is 1.29 bits per heavy atom. The summed E-state index contributed by atoms with van der Waals surface area (Å²) in [6.07, 6.45) is 2.81. The van der Waals surface area contributed by atoms with Crippen molar-refractivity contribution in [2.75, 3.05) is 26.0 Å². The van der Waals surface area contributed by atoms with Crippen LogP contribution in [0.1, 0.15) is 39.0 Å². The molecule has 0 saturated heterocycles. The molecule has 1 N–H and O–H groups in total. The van der Waals surface area contributed by atoms with Crippen LogP contribution in [0.4, 0.5) is 4.39 Å². The van der Waals surface area contributed by atoms with Gasteiger partial charge in [0.05, 0.1) is 12.4 Å². The fourth-order valence-corrected chi connectivity index (χ4v) is 2.75. The molecule has 0 heterocycles. The highest BCUT2D eigenvalue weighted by atomic mass is 32.2. The predicted octanol–water partition coefficient (Wildman–Crippen LogP) is 1.55. The Morgan fingerprint density at radius 2 is 1.94 bits per heavy atom. The van der Waals surface area contributed by atoms with E-state index in [0.29, 0.717) is 6.42 Å². The number of hydrogen-bond donors (Lipinski definition) is 1. The molecule has 6 heteroatoms. The number of nitrogens with zero attached hydrogens (tertiary/aromatic N) is 1. The number of aliphatic hydroxyl groups is 1. The van der Waals surface area contributed by atoms with Gasteiger partial charge in [-0.25, -0.2) is 17.1 Å². The summed E-state index contributed by atoms with van der Waals surface area (Å²) >= 11 is 0. The van der Waals surface area contributed by atoms with Gasteiger partial charge in [-0.15, -0.1) is 0 Å². The van der Waals surface area contributed by atoms with Gasteiger partial charge in [-0.05, 0) is 6.42 Å². The van der Waals surface area contributed by atoms with E-state index in [2.05, 4.69) is 6.92 Å². The second-order valence-electron chi connectivity index (χ2n) is 4.27. The van der Waals surface area contributed by atoms with E-state index >= 15 is 0 Å². The molecule has 0 saturated carbocycles. The Morgan fingerprint density at radius 3 is 2.47 bits per heavy atom. The maximum absolute atomic E-state index is 13.5. The van der Waals surface area contributed by atoms with Gasteiger partial charge in [0.15, 0.2) is 0 Å². The Kier molecular flexibility index (Phi) is 8.72. The molecule has 0 aliphatic heterocycles. The number of sulfonamides is 1. The number of unbranched alkanes of at least 4 members (excludes halogenated alkanes) is 3. The topological polar surface area (TPSA) is 57.6 Å². The normalized spacial score (nSPS) is 14.2. The van der Waals surface area contributed by atoms with E-state index in [9.17, 15) is 12.8 Å². The van der Waals surface area contributed by atoms with Gasteiger partial charge in [0.2, 0.25) is 10.0 Å². The first-order valence-electron chi connectivity index (χ1n) is 6.13. The van der Waals surface area contributed by atoms with Crippen LogP contribution < -0.4 is 0 Å². The summed E-state index contributed by atoms with van der Waals surface area (Å²) in [6.45, 7) is 1.84. The lowest BCUT2D eigenvalue weighted by Gasteiger charge is -2.17. The summed E-state index contributed by atoms with van der Waals surface area (Å²) in [4.78, 5) is 0. The number of rotatable bonds is 10. The number of likely N-dealkylation sites (N-methyl/N-ethyl adjacent to an activating group) is 1. The Labute approximate surface area is 104 Å². The Bertz CT molecular complexity index is 282. The molecule has 0 bridgehead atoms. The van der Waals surface area contributed by atoms with Gasteiger partial charge in [-0.1, -0.05) is 32.6 Å². The molecule has 0 aromatic carbocycles. The van der Waals surface area contributed by atoms with Crippen LogP contribution in [0.3, 0.4) is 0 Å². The fourth-order valence-electron chi connectivity index (χ4n) is 1.51. The smallest absolute Gasteiger partial charge is 0.216 e. The lowest BCUT2D eigenvalue weighted by molar-refractivity contribution is 0.264. The molecule has 4 nitrogen and oxygen atoms in total. The second-order valence-corrected chi connectivity index (χ2v) is 6.39. The largest absolute Gasteiger partial charge is 0.395 e. The SMILES string of the molecule is CCCCCCC(F)CS(=O)(=O)N(C)CCO. The third kappa shape index (κ3) is 7.68. The molecule has 0 aliphatic rings. The van der Waals surface area contributed by atoms with Gasteiger partial charge in [-0.3, -0.25) is 0 Å². The minimum Gasteiger partial charge on any atom is -0.395 e. The quantitative estimate of drug-likeness (QED) is 0.612. The highest BCUT2D eigenvalue weighted by molar-refractivity contribution is 7.89. The average molecular weight is 269 g/mol. The van der Waals surface area contributed by atoms with Crippen molar-refractivity contribution in [1.82, 2.24) is 4.31 Å². The number of aliphatic hydroxyl groups excluding tert-OH is 1. The Hall–Kier alpha value is -0.200. The van der Waals surface area contributed by atoms with Crippen molar-refractivity contribution >= 4 is 10.0 Å². The summed E-state index contributed by atoms with van der Waals surface area (Å²) in [5.74, 6) is -0.477. The van der Waals surface area contributed by atoms with Crippen molar-refractivity contribution in [3.05, 3.63) is 0 Å². The van der Waals surface area contributed by atoms with Crippen molar-refractivity contribution in [3.63, 3.8) is 0 Å². The molecule has 0 aromatic rings. The van der Waals surface area contributed by atoms with Gasteiger partial charge in [0.1, 0.15) is 6.17 Å².